The number of amides is 1. The van der Waals surface area contributed by atoms with Crippen LogP contribution in [0.3, 0.4) is 0 Å². The number of aromatic nitrogens is 3. The smallest absolute Gasteiger partial charge is 0.303 e. The quantitative estimate of drug-likeness (QED) is 0.106. The molecule has 1 aliphatic heterocycles. The monoisotopic (exact) mass is 616 g/mol. The standard InChI is InChI=1S/C33H36N4O6S/c38-19-22-8-10-25(11-9-22)29-17-28(20-44-33-35-21-36-37-33)42-32(43-29)26-14-12-24(13-15-26)27-5-3-4-23(16-27)18-34-30(39)6-1-2-7-31(40)41/h3-5,8-16,21,28-29,32,38H,1-2,6-7,17-20H2,(H,34,39)(H,40,41)(H,35,36,37)/t28-,29+,32+/m1/s1. The van der Waals surface area contributed by atoms with Crippen molar-refractivity contribution >= 4 is 23.6 Å². The summed E-state index contributed by atoms with van der Waals surface area (Å²) in [4.78, 5) is 27.0. The van der Waals surface area contributed by atoms with Gasteiger partial charge in [-0.1, -0.05) is 78.5 Å². The van der Waals surface area contributed by atoms with E-state index < -0.39 is 12.3 Å². The van der Waals surface area contributed by atoms with Gasteiger partial charge in [-0.3, -0.25) is 14.7 Å². The number of aliphatic carboxylic acids is 1. The molecule has 4 aromatic rings. The number of carbonyl (C=O) groups is 2. The highest BCUT2D eigenvalue weighted by molar-refractivity contribution is 7.99. The van der Waals surface area contributed by atoms with Crippen LogP contribution in [0.5, 0.6) is 0 Å². The van der Waals surface area contributed by atoms with Gasteiger partial charge in [0.1, 0.15) is 6.33 Å². The highest BCUT2D eigenvalue weighted by Crippen LogP contribution is 2.39. The highest BCUT2D eigenvalue weighted by Gasteiger charge is 2.32. The van der Waals surface area contributed by atoms with Gasteiger partial charge in [-0.05, 0) is 46.7 Å². The number of carboxylic acid groups (broad SMARTS) is 1. The number of hydrogen-bond acceptors (Lipinski definition) is 8. The zero-order valence-corrected chi connectivity index (χ0v) is 25.0. The Kier molecular flexibility index (Phi) is 11.1. The van der Waals surface area contributed by atoms with Crippen LogP contribution in [-0.2, 0) is 32.2 Å². The van der Waals surface area contributed by atoms with E-state index in [0.717, 1.165) is 38.5 Å². The predicted octanol–water partition coefficient (Wildman–Crippen LogP) is 5.56. The van der Waals surface area contributed by atoms with E-state index in [4.69, 9.17) is 14.6 Å². The van der Waals surface area contributed by atoms with Crippen molar-refractivity contribution in [3.05, 3.63) is 101 Å². The first kappa shape index (κ1) is 31.4. The molecule has 4 N–H and O–H groups in total. The van der Waals surface area contributed by atoms with Crippen molar-refractivity contribution in [1.82, 2.24) is 20.5 Å². The molecule has 0 aliphatic carbocycles. The lowest BCUT2D eigenvalue weighted by molar-refractivity contribution is -0.245. The molecular formula is C33H36N4O6S. The van der Waals surface area contributed by atoms with Crippen LogP contribution in [0.1, 0.15) is 66.8 Å². The maximum atomic E-state index is 12.2. The molecule has 11 heteroatoms. The number of nitrogens with one attached hydrogen (secondary N) is 2. The van der Waals surface area contributed by atoms with Gasteiger partial charge in [0.05, 0.1) is 18.8 Å². The predicted molar refractivity (Wildman–Crippen MR) is 165 cm³/mol. The van der Waals surface area contributed by atoms with Gasteiger partial charge in [-0.2, -0.15) is 5.10 Å². The van der Waals surface area contributed by atoms with E-state index in [9.17, 15) is 14.7 Å². The third kappa shape index (κ3) is 8.99. The molecule has 3 atom stereocenters. The van der Waals surface area contributed by atoms with Crippen LogP contribution in [0.2, 0.25) is 0 Å². The van der Waals surface area contributed by atoms with E-state index in [1.165, 1.54) is 6.33 Å². The molecule has 1 aliphatic rings. The molecule has 5 rings (SSSR count). The topological polar surface area (TPSA) is 147 Å². The Morgan fingerprint density at radius 3 is 2.43 bits per heavy atom. The van der Waals surface area contributed by atoms with Crippen LogP contribution in [0, 0.1) is 0 Å². The minimum atomic E-state index is -0.842. The Bertz CT molecular complexity index is 1500. The number of aromatic amines is 1. The van der Waals surface area contributed by atoms with E-state index in [0.29, 0.717) is 38.0 Å². The van der Waals surface area contributed by atoms with Crippen LogP contribution >= 0.6 is 11.8 Å². The number of carbonyl (C=O) groups excluding carboxylic acids is 1. The third-order valence-corrected chi connectivity index (χ3v) is 8.40. The van der Waals surface area contributed by atoms with Gasteiger partial charge >= 0.3 is 5.97 Å². The summed E-state index contributed by atoms with van der Waals surface area (Å²) in [5.74, 6) is -0.243. The SMILES string of the molecule is O=C(O)CCCCC(=O)NCc1cccc(-c2ccc([C@H]3O[C@@H](CSc4ncn[nH]4)C[C@@H](c4ccc(CO)cc4)O3)cc2)c1. The van der Waals surface area contributed by atoms with Crippen molar-refractivity contribution in [3.63, 3.8) is 0 Å². The summed E-state index contributed by atoms with van der Waals surface area (Å²) >= 11 is 1.56. The number of nitrogens with zero attached hydrogens (tertiary/aromatic N) is 2. The number of aliphatic hydroxyl groups excluding tert-OH is 1. The van der Waals surface area contributed by atoms with Gasteiger partial charge in [-0.25, -0.2) is 4.98 Å². The number of ether oxygens (including phenoxy) is 2. The van der Waals surface area contributed by atoms with Crippen LogP contribution in [0.15, 0.2) is 84.3 Å². The van der Waals surface area contributed by atoms with Crippen LogP contribution in [-0.4, -0.2) is 49.1 Å². The van der Waals surface area contributed by atoms with Gasteiger partial charge in [0, 0.05) is 37.1 Å². The minimum absolute atomic E-state index is 0.00589. The molecule has 44 heavy (non-hydrogen) atoms. The van der Waals surface area contributed by atoms with Crippen molar-refractivity contribution in [3.8, 4) is 11.1 Å². The number of carboxylic acids is 1. The Morgan fingerprint density at radius 2 is 1.70 bits per heavy atom. The highest BCUT2D eigenvalue weighted by atomic mass is 32.2. The average Bonchev–Trinajstić information content (AvgIpc) is 3.59. The lowest BCUT2D eigenvalue weighted by Crippen LogP contribution is -2.31. The molecule has 0 unspecified atom stereocenters. The number of aliphatic hydroxyl groups is 1. The first-order chi connectivity index (χ1) is 21.5. The summed E-state index contributed by atoms with van der Waals surface area (Å²) in [5.41, 5.74) is 5.83. The zero-order valence-electron chi connectivity index (χ0n) is 24.2. The van der Waals surface area contributed by atoms with E-state index >= 15 is 0 Å². The molecular weight excluding hydrogens is 580 g/mol. The second kappa shape index (κ2) is 15.6. The summed E-state index contributed by atoms with van der Waals surface area (Å²) < 4.78 is 12.9. The molecule has 1 saturated heterocycles. The molecule has 0 spiro atoms. The molecule has 0 saturated carbocycles. The number of hydrogen-bond donors (Lipinski definition) is 4. The maximum absolute atomic E-state index is 12.2. The molecule has 0 bridgehead atoms. The van der Waals surface area contributed by atoms with E-state index in [-0.39, 0.29) is 31.1 Å². The number of benzene rings is 3. The number of unbranched alkanes of at least 4 members (excludes halogenated alkanes) is 1. The summed E-state index contributed by atoms with van der Waals surface area (Å²) in [6.07, 6.45) is 2.79. The molecule has 230 valence electrons. The molecule has 10 nitrogen and oxygen atoms in total. The summed E-state index contributed by atoms with van der Waals surface area (Å²) in [7, 11) is 0. The first-order valence-electron chi connectivity index (χ1n) is 14.6. The first-order valence-corrected chi connectivity index (χ1v) is 15.6. The average molecular weight is 617 g/mol. The molecule has 1 fully saturated rings. The van der Waals surface area contributed by atoms with Gasteiger partial charge in [0.2, 0.25) is 5.91 Å². The fraction of sp³-hybridized carbons (Fsp3) is 0.333. The van der Waals surface area contributed by atoms with Crippen molar-refractivity contribution in [2.45, 2.75) is 68.9 Å². The Labute approximate surface area is 260 Å². The Hall–Kier alpha value is -4.03. The molecule has 2 heterocycles. The Balaban J connectivity index is 1.23. The van der Waals surface area contributed by atoms with Gasteiger partial charge in [-0.15, -0.1) is 0 Å². The largest absolute Gasteiger partial charge is 0.481 e. The van der Waals surface area contributed by atoms with Crippen molar-refractivity contribution in [2.24, 2.45) is 0 Å². The van der Waals surface area contributed by atoms with Crippen LogP contribution in [0.25, 0.3) is 11.1 Å². The maximum Gasteiger partial charge on any atom is 0.303 e. The minimum Gasteiger partial charge on any atom is -0.481 e. The molecule has 3 aromatic carbocycles. The van der Waals surface area contributed by atoms with Gasteiger partial charge in [0.25, 0.3) is 0 Å². The molecule has 1 amide bonds. The van der Waals surface area contributed by atoms with Gasteiger partial charge in [0.15, 0.2) is 11.4 Å². The lowest BCUT2D eigenvalue weighted by atomic mass is 9.99. The van der Waals surface area contributed by atoms with E-state index in [1.54, 1.807) is 11.8 Å². The molecule has 0 radical (unpaired) electrons. The van der Waals surface area contributed by atoms with E-state index in [2.05, 4.69) is 26.6 Å². The zero-order chi connectivity index (χ0) is 30.7. The van der Waals surface area contributed by atoms with Crippen LogP contribution < -0.4 is 5.32 Å². The lowest BCUT2D eigenvalue weighted by Gasteiger charge is -2.36. The fourth-order valence-corrected chi connectivity index (χ4v) is 5.80. The van der Waals surface area contributed by atoms with Crippen molar-refractivity contribution in [1.29, 1.82) is 0 Å². The third-order valence-electron chi connectivity index (χ3n) is 7.39. The van der Waals surface area contributed by atoms with Crippen molar-refractivity contribution < 1.29 is 29.3 Å². The Morgan fingerprint density at radius 1 is 0.932 bits per heavy atom. The van der Waals surface area contributed by atoms with Crippen molar-refractivity contribution in [2.75, 3.05) is 5.75 Å². The summed E-state index contributed by atoms with van der Waals surface area (Å²) in [6.45, 7) is 0.398. The summed E-state index contributed by atoms with van der Waals surface area (Å²) in [5, 5.41) is 28.7. The van der Waals surface area contributed by atoms with Crippen LogP contribution in [0.4, 0.5) is 0 Å². The number of rotatable bonds is 14. The normalized spacial score (nSPS) is 18.2. The van der Waals surface area contributed by atoms with Gasteiger partial charge < -0.3 is 25.0 Å². The number of thioether (sulfide) groups is 1. The fourth-order valence-electron chi connectivity index (χ4n) is 5.00. The summed E-state index contributed by atoms with van der Waals surface area (Å²) in [6, 6.07) is 24.0. The second-order valence-electron chi connectivity index (χ2n) is 10.7. The van der Waals surface area contributed by atoms with E-state index in [1.807, 2.05) is 66.7 Å². The second-order valence-corrected chi connectivity index (χ2v) is 11.7. The number of H-pyrrole nitrogens is 1. The molecule has 1 aromatic heterocycles.